The molecule has 2 fully saturated rings. The minimum atomic E-state index is -0.591. The van der Waals surface area contributed by atoms with Crippen LogP contribution in [-0.2, 0) is 14.3 Å². The number of ether oxygens (including phenoxy) is 2. The first-order chi connectivity index (χ1) is 9.14. The van der Waals surface area contributed by atoms with E-state index in [0.29, 0.717) is 19.1 Å². The highest BCUT2D eigenvalue weighted by atomic mass is 16.5. The van der Waals surface area contributed by atoms with Crippen molar-refractivity contribution in [3.8, 4) is 0 Å². The van der Waals surface area contributed by atoms with Crippen molar-refractivity contribution in [2.24, 2.45) is 5.92 Å². The fourth-order valence-corrected chi connectivity index (χ4v) is 2.55. The third-order valence-corrected chi connectivity index (χ3v) is 4.38. The summed E-state index contributed by atoms with van der Waals surface area (Å²) >= 11 is 0. The van der Waals surface area contributed by atoms with Gasteiger partial charge in [-0.05, 0) is 38.5 Å². The molecule has 2 rings (SSSR count). The first-order valence-electron chi connectivity index (χ1n) is 7.58. The van der Waals surface area contributed by atoms with Gasteiger partial charge >= 0.3 is 5.97 Å². The smallest absolute Gasteiger partial charge is 0.325 e. The first-order valence-corrected chi connectivity index (χ1v) is 7.58. The third kappa shape index (κ3) is 4.46. The second kappa shape index (κ2) is 6.71. The number of hydrogen-bond acceptors (Lipinski definition) is 4. The molecule has 19 heavy (non-hydrogen) atoms. The van der Waals surface area contributed by atoms with Gasteiger partial charge in [-0.25, -0.2) is 0 Å². The molecule has 2 aliphatic carbocycles. The largest absolute Gasteiger partial charge is 0.468 e. The number of esters is 1. The molecule has 0 saturated heterocycles. The van der Waals surface area contributed by atoms with Crippen LogP contribution in [0, 0.1) is 5.92 Å². The van der Waals surface area contributed by atoms with Gasteiger partial charge in [0.2, 0.25) is 0 Å². The number of carbonyl (C=O) groups is 1. The Bertz CT molecular complexity index is 300. The zero-order chi connectivity index (χ0) is 13.7. The first kappa shape index (κ1) is 14.8. The Morgan fingerprint density at radius 3 is 2.53 bits per heavy atom. The molecule has 1 unspecified atom stereocenters. The van der Waals surface area contributed by atoms with Crippen LogP contribution in [0.3, 0.4) is 0 Å². The maximum atomic E-state index is 11.9. The highest BCUT2D eigenvalue weighted by molar-refractivity contribution is 5.80. The van der Waals surface area contributed by atoms with Crippen LogP contribution in [0.25, 0.3) is 0 Å². The molecule has 2 aliphatic rings. The van der Waals surface area contributed by atoms with Crippen LogP contribution in [0.2, 0.25) is 0 Å². The van der Waals surface area contributed by atoms with Crippen LogP contribution in [0.1, 0.15) is 51.9 Å². The van der Waals surface area contributed by atoms with Crippen LogP contribution in [-0.4, -0.2) is 37.9 Å². The summed E-state index contributed by atoms with van der Waals surface area (Å²) in [6, 6.07) is 0.485. The maximum absolute atomic E-state index is 11.9. The Morgan fingerprint density at radius 1 is 1.26 bits per heavy atom. The normalized spacial score (nSPS) is 22.6. The predicted molar refractivity (Wildman–Crippen MR) is 74.0 cm³/mol. The van der Waals surface area contributed by atoms with Gasteiger partial charge in [0.15, 0.2) is 0 Å². The van der Waals surface area contributed by atoms with Gasteiger partial charge in [-0.2, -0.15) is 0 Å². The highest BCUT2D eigenvalue weighted by Crippen LogP contribution is 2.29. The van der Waals surface area contributed by atoms with Gasteiger partial charge in [0.05, 0.1) is 7.11 Å². The van der Waals surface area contributed by atoms with E-state index in [-0.39, 0.29) is 5.97 Å². The van der Waals surface area contributed by atoms with Crippen molar-refractivity contribution in [3.05, 3.63) is 0 Å². The molecule has 0 aliphatic heterocycles. The fraction of sp³-hybridized carbons (Fsp3) is 0.933. The number of hydrogen-bond donors (Lipinski definition) is 1. The number of rotatable bonds is 9. The summed E-state index contributed by atoms with van der Waals surface area (Å²) in [6.45, 7) is 3.37. The lowest BCUT2D eigenvalue weighted by molar-refractivity contribution is -0.149. The number of nitrogens with one attached hydrogen (secondary N) is 1. The van der Waals surface area contributed by atoms with E-state index in [2.05, 4.69) is 5.32 Å². The van der Waals surface area contributed by atoms with E-state index in [1.807, 2.05) is 6.92 Å². The van der Waals surface area contributed by atoms with E-state index in [9.17, 15) is 4.79 Å². The zero-order valence-electron chi connectivity index (χ0n) is 12.2. The summed E-state index contributed by atoms with van der Waals surface area (Å²) in [5, 5.41) is 3.39. The number of methoxy groups -OCH3 is 1. The monoisotopic (exact) mass is 269 g/mol. The van der Waals surface area contributed by atoms with Crippen molar-refractivity contribution in [2.45, 2.75) is 63.5 Å². The molecular formula is C15H27NO3. The zero-order valence-corrected chi connectivity index (χ0v) is 12.2. The lowest BCUT2D eigenvalue weighted by atomic mass is 9.83. The summed E-state index contributed by atoms with van der Waals surface area (Å²) in [7, 11) is 1.45. The molecule has 0 radical (unpaired) electrons. The van der Waals surface area contributed by atoms with E-state index in [1.54, 1.807) is 0 Å². The quantitative estimate of drug-likeness (QED) is 0.515. The summed E-state index contributed by atoms with van der Waals surface area (Å²) in [5.41, 5.74) is -0.591. The Kier molecular flexibility index (Phi) is 5.22. The highest BCUT2D eigenvalue weighted by Gasteiger charge is 2.39. The van der Waals surface area contributed by atoms with E-state index >= 15 is 0 Å². The average Bonchev–Trinajstić information content (AvgIpc) is 3.14. The number of carbonyl (C=O) groups excluding carboxylic acids is 1. The maximum Gasteiger partial charge on any atom is 0.325 e. The molecule has 0 aromatic heterocycles. The van der Waals surface area contributed by atoms with E-state index in [0.717, 1.165) is 25.4 Å². The van der Waals surface area contributed by atoms with Gasteiger partial charge in [0, 0.05) is 19.3 Å². The molecule has 0 aromatic carbocycles. The van der Waals surface area contributed by atoms with Crippen LogP contribution >= 0.6 is 0 Å². The van der Waals surface area contributed by atoms with Crippen LogP contribution < -0.4 is 5.32 Å². The molecule has 1 atom stereocenters. The summed E-state index contributed by atoms with van der Waals surface area (Å²) < 4.78 is 10.6. The third-order valence-electron chi connectivity index (χ3n) is 4.38. The molecular weight excluding hydrogens is 242 g/mol. The van der Waals surface area contributed by atoms with Gasteiger partial charge in [-0.15, -0.1) is 0 Å². The molecule has 4 heteroatoms. The van der Waals surface area contributed by atoms with Gasteiger partial charge in [-0.1, -0.05) is 19.3 Å². The minimum Gasteiger partial charge on any atom is -0.468 e. The lowest BCUT2D eigenvalue weighted by Gasteiger charge is -2.28. The van der Waals surface area contributed by atoms with E-state index in [1.165, 1.54) is 32.8 Å². The summed E-state index contributed by atoms with van der Waals surface area (Å²) in [4.78, 5) is 11.9. The van der Waals surface area contributed by atoms with Crippen LogP contribution in [0.15, 0.2) is 0 Å². The van der Waals surface area contributed by atoms with Crippen molar-refractivity contribution in [1.82, 2.24) is 5.32 Å². The van der Waals surface area contributed by atoms with E-state index < -0.39 is 5.54 Å². The topological polar surface area (TPSA) is 47.6 Å². The van der Waals surface area contributed by atoms with Gasteiger partial charge < -0.3 is 9.47 Å². The average molecular weight is 269 g/mol. The van der Waals surface area contributed by atoms with Crippen molar-refractivity contribution >= 4 is 5.97 Å². The molecule has 0 spiro atoms. The molecule has 110 valence electrons. The van der Waals surface area contributed by atoms with Crippen molar-refractivity contribution in [2.75, 3.05) is 20.3 Å². The van der Waals surface area contributed by atoms with Gasteiger partial charge in [0.25, 0.3) is 0 Å². The standard InChI is InChI=1S/C15H27NO3/c1-15(14(17)18-2,16-13-6-7-13)9-11-19-10-8-12-4-3-5-12/h12-13,16H,3-11H2,1-2H3. The SMILES string of the molecule is COC(=O)C(C)(CCOCCC1CCC1)NC1CC1. The minimum absolute atomic E-state index is 0.179. The Labute approximate surface area is 116 Å². The molecule has 1 N–H and O–H groups in total. The molecule has 0 heterocycles. The van der Waals surface area contributed by atoms with Crippen molar-refractivity contribution < 1.29 is 14.3 Å². The van der Waals surface area contributed by atoms with Crippen molar-refractivity contribution in [3.63, 3.8) is 0 Å². The van der Waals surface area contributed by atoms with Gasteiger partial charge in [-0.3, -0.25) is 10.1 Å². The fourth-order valence-electron chi connectivity index (χ4n) is 2.55. The van der Waals surface area contributed by atoms with Gasteiger partial charge in [0.1, 0.15) is 5.54 Å². The molecule has 0 bridgehead atoms. The molecule has 0 aromatic rings. The van der Waals surface area contributed by atoms with E-state index in [4.69, 9.17) is 9.47 Å². The Hall–Kier alpha value is -0.610. The predicted octanol–water partition coefficient (Wildman–Crippen LogP) is 2.27. The van der Waals surface area contributed by atoms with Crippen LogP contribution in [0.4, 0.5) is 0 Å². The summed E-state index contributed by atoms with van der Waals surface area (Å²) in [5.74, 6) is 0.707. The van der Waals surface area contributed by atoms with Crippen molar-refractivity contribution in [1.29, 1.82) is 0 Å². The summed E-state index contributed by atoms with van der Waals surface area (Å²) in [6.07, 6.45) is 8.30. The Morgan fingerprint density at radius 2 is 2.00 bits per heavy atom. The Balaban J connectivity index is 1.64. The van der Waals surface area contributed by atoms with Crippen LogP contribution in [0.5, 0.6) is 0 Å². The molecule has 4 nitrogen and oxygen atoms in total. The second-order valence-electron chi connectivity index (χ2n) is 6.19. The lowest BCUT2D eigenvalue weighted by Crippen LogP contribution is -2.52. The molecule has 2 saturated carbocycles. The molecule has 0 amide bonds. The second-order valence-corrected chi connectivity index (χ2v) is 6.19.